The second kappa shape index (κ2) is 6.74. The predicted molar refractivity (Wildman–Crippen MR) is 93.5 cm³/mol. The molecule has 0 radical (unpaired) electrons. The van der Waals surface area contributed by atoms with E-state index in [0.29, 0.717) is 0 Å². The number of hydrogen-bond donors (Lipinski definition) is 0. The van der Waals surface area contributed by atoms with Crippen molar-refractivity contribution < 1.29 is 0 Å². The van der Waals surface area contributed by atoms with Gasteiger partial charge in [0.15, 0.2) is 0 Å². The Hall–Kier alpha value is -0.820. The van der Waals surface area contributed by atoms with Crippen molar-refractivity contribution >= 4 is 22.7 Å². The molecule has 0 atom stereocenters. The molecule has 22 heavy (non-hydrogen) atoms. The lowest BCUT2D eigenvalue weighted by molar-refractivity contribution is 0.120. The van der Waals surface area contributed by atoms with Crippen LogP contribution in [0.4, 0.5) is 0 Å². The largest absolute Gasteiger partial charge is 0.295 e. The second-order valence-corrected chi connectivity index (χ2v) is 8.50. The number of aromatic nitrogens is 2. The van der Waals surface area contributed by atoms with Gasteiger partial charge < -0.3 is 0 Å². The molecule has 2 aromatic heterocycles. The molecule has 0 aromatic carbocycles. The SMILES string of the molecule is CC(C)(C)c1nc(CN2CCN(Cc3cscn3)CC2)cs1. The number of piperazine rings is 1. The average molecular weight is 337 g/mol. The van der Waals surface area contributed by atoms with Gasteiger partial charge in [-0.1, -0.05) is 20.8 Å². The third-order valence-corrected chi connectivity index (χ3v) is 5.87. The monoisotopic (exact) mass is 336 g/mol. The fraction of sp³-hybridized carbons (Fsp3) is 0.625. The topological polar surface area (TPSA) is 32.3 Å². The first kappa shape index (κ1) is 16.1. The molecule has 0 amide bonds. The van der Waals surface area contributed by atoms with E-state index < -0.39 is 0 Å². The predicted octanol–water partition coefficient (Wildman–Crippen LogP) is 3.21. The molecule has 0 unspecified atom stereocenters. The lowest BCUT2D eigenvalue weighted by Crippen LogP contribution is -2.45. The fourth-order valence-electron chi connectivity index (χ4n) is 2.60. The summed E-state index contributed by atoms with van der Waals surface area (Å²) >= 11 is 3.47. The fourth-order valence-corrected chi connectivity index (χ4v) is 4.05. The van der Waals surface area contributed by atoms with Gasteiger partial charge in [0.2, 0.25) is 0 Å². The van der Waals surface area contributed by atoms with Gasteiger partial charge in [-0.05, 0) is 0 Å². The molecule has 0 N–H and O–H groups in total. The lowest BCUT2D eigenvalue weighted by atomic mass is 9.98. The maximum Gasteiger partial charge on any atom is 0.0982 e. The van der Waals surface area contributed by atoms with Crippen LogP contribution in [0.2, 0.25) is 0 Å². The lowest BCUT2D eigenvalue weighted by Gasteiger charge is -2.33. The summed E-state index contributed by atoms with van der Waals surface area (Å²) < 4.78 is 0. The van der Waals surface area contributed by atoms with Crippen LogP contribution >= 0.6 is 22.7 Å². The van der Waals surface area contributed by atoms with E-state index in [0.717, 1.165) is 39.3 Å². The highest BCUT2D eigenvalue weighted by molar-refractivity contribution is 7.09. The Balaban J connectivity index is 1.48. The first-order valence-electron chi connectivity index (χ1n) is 7.77. The Morgan fingerprint density at radius 3 is 2.14 bits per heavy atom. The normalized spacial score (nSPS) is 18.0. The van der Waals surface area contributed by atoms with Crippen LogP contribution in [0.5, 0.6) is 0 Å². The highest BCUT2D eigenvalue weighted by atomic mass is 32.1. The summed E-state index contributed by atoms with van der Waals surface area (Å²) in [5, 5.41) is 5.61. The van der Waals surface area contributed by atoms with E-state index in [9.17, 15) is 0 Å². The zero-order valence-electron chi connectivity index (χ0n) is 13.6. The van der Waals surface area contributed by atoms with Gasteiger partial charge in [-0.2, -0.15) is 0 Å². The first-order valence-corrected chi connectivity index (χ1v) is 9.59. The average Bonchev–Trinajstić information content (AvgIpc) is 3.12. The molecule has 2 aromatic rings. The van der Waals surface area contributed by atoms with E-state index in [-0.39, 0.29) is 5.41 Å². The van der Waals surface area contributed by atoms with E-state index >= 15 is 0 Å². The molecule has 1 aliphatic rings. The van der Waals surface area contributed by atoms with E-state index in [2.05, 4.69) is 46.3 Å². The van der Waals surface area contributed by atoms with Crippen LogP contribution < -0.4 is 0 Å². The van der Waals surface area contributed by atoms with Crippen LogP contribution in [-0.2, 0) is 18.5 Å². The quantitative estimate of drug-likeness (QED) is 0.858. The molecule has 0 aliphatic carbocycles. The molecular formula is C16H24N4S2. The summed E-state index contributed by atoms with van der Waals surface area (Å²) in [6, 6.07) is 0. The van der Waals surface area contributed by atoms with Crippen molar-refractivity contribution in [1.82, 2.24) is 19.8 Å². The van der Waals surface area contributed by atoms with Gasteiger partial charge in [-0.3, -0.25) is 9.80 Å². The van der Waals surface area contributed by atoms with Gasteiger partial charge >= 0.3 is 0 Å². The van der Waals surface area contributed by atoms with Gasteiger partial charge in [0.1, 0.15) is 0 Å². The third-order valence-electron chi connectivity index (χ3n) is 3.91. The van der Waals surface area contributed by atoms with Crippen molar-refractivity contribution in [2.45, 2.75) is 39.3 Å². The maximum absolute atomic E-state index is 4.81. The molecule has 0 spiro atoms. The minimum atomic E-state index is 0.162. The Morgan fingerprint density at radius 2 is 1.64 bits per heavy atom. The van der Waals surface area contributed by atoms with Crippen molar-refractivity contribution in [2.75, 3.05) is 26.2 Å². The summed E-state index contributed by atoms with van der Waals surface area (Å²) in [7, 11) is 0. The Morgan fingerprint density at radius 1 is 1.00 bits per heavy atom. The Kier molecular flexibility index (Phi) is 4.92. The van der Waals surface area contributed by atoms with Gasteiger partial charge in [0.25, 0.3) is 0 Å². The first-order chi connectivity index (χ1) is 10.5. The molecule has 1 fully saturated rings. The number of rotatable bonds is 4. The van der Waals surface area contributed by atoms with E-state index in [1.807, 2.05) is 5.51 Å². The second-order valence-electron chi connectivity index (χ2n) is 6.93. The highest BCUT2D eigenvalue weighted by Gasteiger charge is 2.21. The number of thiazole rings is 2. The van der Waals surface area contributed by atoms with Crippen LogP contribution in [0, 0.1) is 0 Å². The molecule has 1 aliphatic heterocycles. The van der Waals surface area contributed by atoms with Gasteiger partial charge in [-0.15, -0.1) is 22.7 Å². The molecule has 1 saturated heterocycles. The van der Waals surface area contributed by atoms with Gasteiger partial charge in [-0.25, -0.2) is 9.97 Å². The minimum absolute atomic E-state index is 0.162. The minimum Gasteiger partial charge on any atom is -0.295 e. The van der Waals surface area contributed by atoms with Crippen molar-refractivity contribution in [1.29, 1.82) is 0 Å². The number of nitrogens with zero attached hydrogens (tertiary/aromatic N) is 4. The van der Waals surface area contributed by atoms with Crippen molar-refractivity contribution in [3.63, 3.8) is 0 Å². The Bertz CT molecular complexity index is 578. The van der Waals surface area contributed by atoms with E-state index in [1.54, 1.807) is 22.7 Å². The summed E-state index contributed by atoms with van der Waals surface area (Å²) in [6.07, 6.45) is 0. The van der Waals surface area contributed by atoms with Crippen LogP contribution in [0.15, 0.2) is 16.3 Å². The molecule has 4 nitrogen and oxygen atoms in total. The van der Waals surface area contributed by atoms with Crippen LogP contribution in [0.3, 0.4) is 0 Å². The number of hydrogen-bond acceptors (Lipinski definition) is 6. The van der Waals surface area contributed by atoms with Gasteiger partial charge in [0, 0.05) is 55.4 Å². The van der Waals surface area contributed by atoms with Gasteiger partial charge in [0.05, 0.1) is 21.9 Å². The van der Waals surface area contributed by atoms with Crippen LogP contribution in [0.25, 0.3) is 0 Å². The smallest absolute Gasteiger partial charge is 0.0982 e. The summed E-state index contributed by atoms with van der Waals surface area (Å²) in [5.74, 6) is 0. The highest BCUT2D eigenvalue weighted by Crippen LogP contribution is 2.26. The third kappa shape index (κ3) is 4.13. The van der Waals surface area contributed by atoms with Crippen molar-refractivity contribution in [3.05, 3.63) is 32.7 Å². The van der Waals surface area contributed by atoms with Crippen LogP contribution in [-0.4, -0.2) is 45.9 Å². The van der Waals surface area contributed by atoms with Crippen LogP contribution in [0.1, 0.15) is 37.2 Å². The molecule has 120 valence electrons. The Labute approximate surface area is 140 Å². The summed E-state index contributed by atoms with van der Waals surface area (Å²) in [4.78, 5) is 14.2. The van der Waals surface area contributed by atoms with E-state index in [1.165, 1.54) is 16.4 Å². The standard InChI is InChI=1S/C16H24N4S2/c1-16(2,3)15-18-14(11-22-15)9-20-6-4-19(5-7-20)8-13-10-21-12-17-13/h10-12H,4-9H2,1-3H3. The molecule has 3 rings (SSSR count). The zero-order chi connectivity index (χ0) is 15.6. The van der Waals surface area contributed by atoms with Crippen molar-refractivity contribution in [3.8, 4) is 0 Å². The zero-order valence-corrected chi connectivity index (χ0v) is 15.2. The van der Waals surface area contributed by atoms with E-state index in [4.69, 9.17) is 4.98 Å². The molecule has 0 saturated carbocycles. The molecular weight excluding hydrogens is 312 g/mol. The molecule has 6 heteroatoms. The maximum atomic E-state index is 4.81. The summed E-state index contributed by atoms with van der Waals surface area (Å²) in [6.45, 7) is 13.1. The molecule has 0 bridgehead atoms. The van der Waals surface area contributed by atoms with Crippen molar-refractivity contribution in [2.24, 2.45) is 0 Å². The molecule has 3 heterocycles. The summed E-state index contributed by atoms with van der Waals surface area (Å²) in [5.41, 5.74) is 4.51.